The summed E-state index contributed by atoms with van der Waals surface area (Å²) >= 11 is 1.76. The molecule has 1 aromatic carbocycles. The molecule has 5 nitrogen and oxygen atoms in total. The van der Waals surface area contributed by atoms with Crippen LogP contribution in [0.3, 0.4) is 0 Å². The molecule has 0 fully saturated rings. The summed E-state index contributed by atoms with van der Waals surface area (Å²) in [6.07, 6.45) is 3.76. The number of nitrogens with zero attached hydrogens (tertiary/aromatic N) is 4. The summed E-state index contributed by atoms with van der Waals surface area (Å²) in [5, 5.41) is 8.99. The summed E-state index contributed by atoms with van der Waals surface area (Å²) in [6.45, 7) is 1.73. The van der Waals surface area contributed by atoms with Gasteiger partial charge < -0.3 is 5.32 Å². The number of nitrogens with one attached hydrogen (secondary N) is 1. The molecule has 0 amide bonds. The second-order valence-electron chi connectivity index (χ2n) is 5.05. The summed E-state index contributed by atoms with van der Waals surface area (Å²) in [7, 11) is 0. The molecule has 1 atom stereocenters. The third kappa shape index (κ3) is 2.21. The number of benzene rings is 1. The second-order valence-corrected chi connectivity index (χ2v) is 6.17. The third-order valence-electron chi connectivity index (χ3n) is 3.69. The lowest BCUT2D eigenvalue weighted by Crippen LogP contribution is -2.37. The number of hydrogen-bond acceptors (Lipinski definition) is 5. The topological polar surface area (TPSA) is 55.6 Å². The van der Waals surface area contributed by atoms with Crippen LogP contribution in [-0.4, -0.2) is 25.8 Å². The Morgan fingerprint density at radius 3 is 3.25 bits per heavy atom. The molecule has 4 rings (SSSR count). The fourth-order valence-electron chi connectivity index (χ4n) is 2.63. The van der Waals surface area contributed by atoms with E-state index in [1.807, 2.05) is 10.7 Å². The predicted octanol–water partition coefficient (Wildman–Crippen LogP) is 1.99. The quantitative estimate of drug-likeness (QED) is 0.799. The van der Waals surface area contributed by atoms with Gasteiger partial charge in [0.25, 0.3) is 0 Å². The molecular weight excluding hydrogens is 270 g/mol. The minimum Gasteiger partial charge on any atom is -0.306 e. The van der Waals surface area contributed by atoms with Crippen molar-refractivity contribution >= 4 is 21.6 Å². The lowest BCUT2D eigenvalue weighted by atomic mass is 10.1. The van der Waals surface area contributed by atoms with Gasteiger partial charge in [-0.15, -0.1) is 11.3 Å². The molecule has 0 spiro atoms. The number of aryl methyl sites for hydroxylation is 1. The van der Waals surface area contributed by atoms with Crippen LogP contribution in [0.15, 0.2) is 30.6 Å². The second kappa shape index (κ2) is 4.96. The Hall–Kier alpha value is -1.79. The maximum absolute atomic E-state index is 4.65. The van der Waals surface area contributed by atoms with Crippen LogP contribution in [0.4, 0.5) is 0 Å². The van der Waals surface area contributed by atoms with E-state index >= 15 is 0 Å². The first-order chi connectivity index (χ1) is 9.88. The Morgan fingerprint density at radius 1 is 1.35 bits per heavy atom. The standard InChI is InChI=1S/C14H15N5S/c1-2-4-12-11(3-1)18-14(20-12)7-15-10-5-6-13-16-9-17-19(13)8-10/h1-4,9-10,15H,5-8H2. The van der Waals surface area contributed by atoms with Crippen molar-refractivity contribution in [3.8, 4) is 0 Å². The van der Waals surface area contributed by atoms with Gasteiger partial charge in [-0.1, -0.05) is 12.1 Å². The number of hydrogen-bond donors (Lipinski definition) is 1. The molecule has 1 unspecified atom stereocenters. The molecule has 3 aromatic rings. The molecule has 1 aliphatic rings. The van der Waals surface area contributed by atoms with E-state index in [0.29, 0.717) is 6.04 Å². The number of thiazole rings is 1. The number of rotatable bonds is 3. The van der Waals surface area contributed by atoms with Crippen molar-refractivity contribution in [2.24, 2.45) is 0 Å². The molecule has 0 aliphatic carbocycles. The van der Waals surface area contributed by atoms with Gasteiger partial charge in [-0.2, -0.15) is 5.10 Å². The molecule has 1 aliphatic heterocycles. The molecule has 0 saturated carbocycles. The Bertz CT molecular complexity index is 699. The average Bonchev–Trinajstić information content (AvgIpc) is 3.10. The van der Waals surface area contributed by atoms with Crippen LogP contribution in [0.5, 0.6) is 0 Å². The predicted molar refractivity (Wildman–Crippen MR) is 78.6 cm³/mol. The maximum Gasteiger partial charge on any atom is 0.138 e. The Labute approximate surface area is 120 Å². The Kier molecular flexibility index (Phi) is 2.97. The van der Waals surface area contributed by atoms with Gasteiger partial charge >= 0.3 is 0 Å². The zero-order valence-electron chi connectivity index (χ0n) is 11.0. The average molecular weight is 285 g/mol. The molecular formula is C14H15N5S. The zero-order valence-corrected chi connectivity index (χ0v) is 11.8. The van der Waals surface area contributed by atoms with Crippen molar-refractivity contribution in [3.05, 3.63) is 41.4 Å². The van der Waals surface area contributed by atoms with Crippen molar-refractivity contribution in [2.75, 3.05) is 0 Å². The monoisotopic (exact) mass is 285 g/mol. The van der Waals surface area contributed by atoms with Crippen molar-refractivity contribution in [2.45, 2.75) is 32.0 Å². The lowest BCUT2D eigenvalue weighted by Gasteiger charge is -2.23. The van der Waals surface area contributed by atoms with E-state index < -0.39 is 0 Å². The fraction of sp³-hybridized carbons (Fsp3) is 0.357. The Morgan fingerprint density at radius 2 is 2.30 bits per heavy atom. The van der Waals surface area contributed by atoms with E-state index in [1.165, 1.54) is 4.70 Å². The lowest BCUT2D eigenvalue weighted by molar-refractivity contribution is 0.358. The molecule has 6 heteroatoms. The SMILES string of the molecule is c1ccc2sc(CNC3CCc4ncnn4C3)nc2c1. The van der Waals surface area contributed by atoms with E-state index in [9.17, 15) is 0 Å². The number of para-hydroxylation sites is 1. The van der Waals surface area contributed by atoms with E-state index in [2.05, 4.69) is 38.6 Å². The van der Waals surface area contributed by atoms with E-state index in [0.717, 1.165) is 42.3 Å². The third-order valence-corrected chi connectivity index (χ3v) is 4.72. The fourth-order valence-corrected chi connectivity index (χ4v) is 3.55. The highest BCUT2D eigenvalue weighted by atomic mass is 32.1. The van der Waals surface area contributed by atoms with Crippen LogP contribution in [0.2, 0.25) is 0 Å². The van der Waals surface area contributed by atoms with E-state index in [4.69, 9.17) is 0 Å². The minimum atomic E-state index is 0.455. The highest BCUT2D eigenvalue weighted by Gasteiger charge is 2.19. The van der Waals surface area contributed by atoms with Crippen LogP contribution in [0, 0.1) is 0 Å². The van der Waals surface area contributed by atoms with Crippen molar-refractivity contribution < 1.29 is 0 Å². The van der Waals surface area contributed by atoms with Gasteiger partial charge in [-0.25, -0.2) is 14.6 Å². The van der Waals surface area contributed by atoms with Crippen LogP contribution >= 0.6 is 11.3 Å². The van der Waals surface area contributed by atoms with Crippen LogP contribution in [0.1, 0.15) is 17.3 Å². The molecule has 20 heavy (non-hydrogen) atoms. The smallest absolute Gasteiger partial charge is 0.138 e. The highest BCUT2D eigenvalue weighted by molar-refractivity contribution is 7.18. The van der Waals surface area contributed by atoms with Crippen LogP contribution < -0.4 is 5.32 Å². The van der Waals surface area contributed by atoms with E-state index in [-0.39, 0.29) is 0 Å². The number of aromatic nitrogens is 4. The first-order valence-electron chi connectivity index (χ1n) is 6.83. The van der Waals surface area contributed by atoms with Gasteiger partial charge in [-0.05, 0) is 18.6 Å². The van der Waals surface area contributed by atoms with Gasteiger partial charge in [0.2, 0.25) is 0 Å². The first kappa shape index (κ1) is 12.0. The molecule has 102 valence electrons. The van der Waals surface area contributed by atoms with Crippen molar-refractivity contribution in [1.29, 1.82) is 0 Å². The minimum absolute atomic E-state index is 0.455. The zero-order chi connectivity index (χ0) is 13.4. The number of fused-ring (bicyclic) bond motifs is 2. The largest absolute Gasteiger partial charge is 0.306 e. The van der Waals surface area contributed by atoms with Gasteiger partial charge in [0.15, 0.2) is 0 Å². The summed E-state index contributed by atoms with van der Waals surface area (Å²) in [4.78, 5) is 8.90. The summed E-state index contributed by atoms with van der Waals surface area (Å²) < 4.78 is 3.26. The molecule has 2 aromatic heterocycles. The summed E-state index contributed by atoms with van der Waals surface area (Å²) in [6, 6.07) is 8.74. The maximum atomic E-state index is 4.65. The van der Waals surface area contributed by atoms with Crippen LogP contribution in [0.25, 0.3) is 10.2 Å². The van der Waals surface area contributed by atoms with Crippen molar-refractivity contribution in [1.82, 2.24) is 25.1 Å². The Balaban J connectivity index is 1.43. The summed E-state index contributed by atoms with van der Waals surface area (Å²) in [5.41, 5.74) is 1.09. The van der Waals surface area contributed by atoms with Crippen molar-refractivity contribution in [3.63, 3.8) is 0 Å². The molecule has 0 saturated heterocycles. The normalized spacial score (nSPS) is 18.3. The first-order valence-corrected chi connectivity index (χ1v) is 7.64. The van der Waals surface area contributed by atoms with E-state index in [1.54, 1.807) is 17.7 Å². The van der Waals surface area contributed by atoms with Gasteiger partial charge in [0.05, 0.1) is 16.8 Å². The molecule has 0 bridgehead atoms. The van der Waals surface area contributed by atoms with Gasteiger partial charge in [-0.3, -0.25) is 0 Å². The highest BCUT2D eigenvalue weighted by Crippen LogP contribution is 2.21. The molecule has 1 N–H and O–H groups in total. The van der Waals surface area contributed by atoms with Crippen LogP contribution in [-0.2, 0) is 19.5 Å². The molecule has 0 radical (unpaired) electrons. The van der Waals surface area contributed by atoms with Gasteiger partial charge in [0.1, 0.15) is 17.2 Å². The summed E-state index contributed by atoms with van der Waals surface area (Å²) in [5.74, 6) is 1.10. The van der Waals surface area contributed by atoms with Gasteiger partial charge in [0, 0.05) is 19.0 Å². The molecule has 3 heterocycles.